The normalized spacial score (nSPS) is 12.4. The van der Waals surface area contributed by atoms with Crippen molar-refractivity contribution >= 4 is 22.2 Å². The van der Waals surface area contributed by atoms with Crippen LogP contribution in [0.25, 0.3) is 0 Å². The van der Waals surface area contributed by atoms with Gasteiger partial charge in [0, 0.05) is 12.7 Å². The quantitative estimate of drug-likeness (QED) is 0.895. The maximum atomic E-state index is 9.54. The van der Waals surface area contributed by atoms with Crippen LogP contribution in [0.4, 0.5) is 10.8 Å². The van der Waals surface area contributed by atoms with E-state index in [-0.39, 0.29) is 6.61 Å². The highest BCUT2D eigenvalue weighted by molar-refractivity contribution is 7.15. The van der Waals surface area contributed by atoms with Crippen molar-refractivity contribution in [3.63, 3.8) is 0 Å². The summed E-state index contributed by atoms with van der Waals surface area (Å²) in [7, 11) is 2.03. The van der Waals surface area contributed by atoms with Gasteiger partial charge in [0.05, 0.1) is 17.2 Å². The first-order valence-electron chi connectivity index (χ1n) is 6.98. The van der Waals surface area contributed by atoms with Crippen LogP contribution >= 0.6 is 11.3 Å². The number of hydrogen-bond donors (Lipinski definition) is 1. The summed E-state index contributed by atoms with van der Waals surface area (Å²) in [6.45, 7) is 6.47. The molecule has 2 aromatic rings. The van der Waals surface area contributed by atoms with Crippen LogP contribution in [-0.4, -0.2) is 17.1 Å². The van der Waals surface area contributed by atoms with Gasteiger partial charge in [-0.3, -0.25) is 0 Å². The second-order valence-electron chi connectivity index (χ2n) is 5.12. The van der Waals surface area contributed by atoms with Crippen molar-refractivity contribution < 1.29 is 5.11 Å². The molecule has 3 nitrogen and oxygen atoms in total. The van der Waals surface area contributed by atoms with Crippen LogP contribution in [0.2, 0.25) is 0 Å². The third-order valence-corrected chi connectivity index (χ3v) is 4.84. The van der Waals surface area contributed by atoms with Crippen LogP contribution in [0.15, 0.2) is 24.3 Å². The predicted molar refractivity (Wildman–Crippen MR) is 86.0 cm³/mol. The highest BCUT2D eigenvalue weighted by atomic mass is 32.1. The lowest BCUT2D eigenvalue weighted by Crippen LogP contribution is -2.10. The highest BCUT2D eigenvalue weighted by Gasteiger charge is 2.18. The summed E-state index contributed by atoms with van der Waals surface area (Å²) in [5.41, 5.74) is 3.41. The number of rotatable bonds is 5. The van der Waals surface area contributed by atoms with E-state index in [0.29, 0.717) is 5.92 Å². The van der Waals surface area contributed by atoms with E-state index in [4.69, 9.17) is 4.98 Å². The number of aliphatic hydroxyl groups is 1. The van der Waals surface area contributed by atoms with E-state index in [1.807, 2.05) is 19.2 Å². The van der Waals surface area contributed by atoms with Gasteiger partial charge < -0.3 is 10.0 Å². The topological polar surface area (TPSA) is 36.4 Å². The van der Waals surface area contributed by atoms with Crippen molar-refractivity contribution in [2.24, 2.45) is 0 Å². The summed E-state index contributed by atoms with van der Waals surface area (Å²) in [5, 5.41) is 10.5. The van der Waals surface area contributed by atoms with Crippen molar-refractivity contribution in [2.45, 2.75) is 39.7 Å². The zero-order valence-electron chi connectivity index (χ0n) is 12.6. The van der Waals surface area contributed by atoms with Crippen LogP contribution in [-0.2, 0) is 6.61 Å². The summed E-state index contributed by atoms with van der Waals surface area (Å²) in [6, 6.07) is 8.27. The molecular weight excluding hydrogens is 268 g/mol. The molecule has 1 unspecified atom stereocenters. The molecule has 1 aromatic heterocycles. The molecule has 0 amide bonds. The molecule has 0 aliphatic carbocycles. The molecular formula is C16H22N2OS. The Balaban J connectivity index is 2.38. The Morgan fingerprint density at radius 1 is 1.35 bits per heavy atom. The SMILES string of the molecule is CCC(C)c1nc(N(C)c2ccccc2C)sc1CO. The number of aryl methyl sites for hydroxylation is 1. The Morgan fingerprint density at radius 2 is 2.05 bits per heavy atom. The fourth-order valence-corrected chi connectivity index (χ4v) is 3.24. The van der Waals surface area contributed by atoms with Crippen molar-refractivity contribution in [2.75, 3.05) is 11.9 Å². The monoisotopic (exact) mass is 290 g/mol. The van der Waals surface area contributed by atoms with E-state index >= 15 is 0 Å². The number of aromatic nitrogens is 1. The predicted octanol–water partition coefficient (Wildman–Crippen LogP) is 4.23. The molecule has 0 spiro atoms. The van der Waals surface area contributed by atoms with Crippen LogP contribution in [0, 0.1) is 6.92 Å². The average molecular weight is 290 g/mol. The lowest BCUT2D eigenvalue weighted by atomic mass is 10.0. The van der Waals surface area contributed by atoms with E-state index in [0.717, 1.165) is 27.8 Å². The third-order valence-electron chi connectivity index (χ3n) is 3.70. The molecule has 4 heteroatoms. The lowest BCUT2D eigenvalue weighted by Gasteiger charge is -2.18. The average Bonchev–Trinajstić information content (AvgIpc) is 2.90. The first-order valence-corrected chi connectivity index (χ1v) is 7.79. The maximum absolute atomic E-state index is 9.54. The van der Waals surface area contributed by atoms with Crippen molar-refractivity contribution in [1.29, 1.82) is 0 Å². The molecule has 0 saturated heterocycles. The van der Waals surface area contributed by atoms with Gasteiger partial charge in [-0.1, -0.05) is 43.4 Å². The van der Waals surface area contributed by atoms with Crippen molar-refractivity contribution in [3.05, 3.63) is 40.4 Å². The fourth-order valence-electron chi connectivity index (χ4n) is 2.23. The van der Waals surface area contributed by atoms with Crippen LogP contribution in [0.1, 0.15) is 42.3 Å². The lowest BCUT2D eigenvalue weighted by molar-refractivity contribution is 0.283. The largest absolute Gasteiger partial charge is 0.391 e. The second-order valence-corrected chi connectivity index (χ2v) is 6.18. The Hall–Kier alpha value is -1.39. The summed E-state index contributed by atoms with van der Waals surface area (Å²) >= 11 is 1.58. The number of hydrogen-bond acceptors (Lipinski definition) is 4. The Morgan fingerprint density at radius 3 is 2.65 bits per heavy atom. The standard InChI is InChI=1S/C16H22N2OS/c1-5-11(2)15-14(10-19)20-16(17-15)18(4)13-9-7-6-8-12(13)3/h6-9,11,19H,5,10H2,1-4H3. The van der Waals surface area contributed by atoms with E-state index in [1.54, 1.807) is 11.3 Å². The number of para-hydroxylation sites is 1. The van der Waals surface area contributed by atoms with Gasteiger partial charge in [-0.2, -0.15) is 0 Å². The van der Waals surface area contributed by atoms with Gasteiger partial charge in [-0.25, -0.2) is 4.98 Å². The van der Waals surface area contributed by atoms with Crippen LogP contribution in [0.5, 0.6) is 0 Å². The van der Waals surface area contributed by atoms with Gasteiger partial charge in [-0.05, 0) is 30.9 Å². The smallest absolute Gasteiger partial charge is 0.190 e. The summed E-state index contributed by atoms with van der Waals surface area (Å²) < 4.78 is 0. The molecule has 1 heterocycles. The highest BCUT2D eigenvalue weighted by Crippen LogP contribution is 2.35. The minimum atomic E-state index is 0.0684. The van der Waals surface area contributed by atoms with E-state index in [2.05, 4.69) is 37.8 Å². The number of benzene rings is 1. The Kier molecular flexibility index (Phi) is 4.78. The second kappa shape index (κ2) is 6.37. The van der Waals surface area contributed by atoms with Gasteiger partial charge in [-0.15, -0.1) is 0 Å². The molecule has 1 N–H and O–H groups in total. The van der Waals surface area contributed by atoms with E-state index < -0.39 is 0 Å². The molecule has 1 aromatic carbocycles. The molecule has 108 valence electrons. The van der Waals surface area contributed by atoms with Crippen LogP contribution < -0.4 is 4.90 Å². The van der Waals surface area contributed by atoms with Gasteiger partial charge in [0.15, 0.2) is 5.13 Å². The number of anilines is 2. The molecule has 0 saturated carbocycles. The molecule has 20 heavy (non-hydrogen) atoms. The molecule has 0 radical (unpaired) electrons. The zero-order chi connectivity index (χ0) is 14.7. The number of aliphatic hydroxyl groups excluding tert-OH is 1. The van der Waals surface area contributed by atoms with E-state index in [1.165, 1.54) is 5.56 Å². The van der Waals surface area contributed by atoms with Gasteiger partial charge in [0.25, 0.3) is 0 Å². The van der Waals surface area contributed by atoms with Crippen molar-refractivity contribution in [3.8, 4) is 0 Å². The Labute approximate surface area is 124 Å². The molecule has 0 aliphatic rings. The first-order chi connectivity index (χ1) is 9.58. The molecule has 0 fully saturated rings. The molecule has 2 rings (SSSR count). The molecule has 0 aliphatic heterocycles. The molecule has 0 bridgehead atoms. The molecule has 1 atom stereocenters. The van der Waals surface area contributed by atoms with Gasteiger partial charge in [0.1, 0.15) is 0 Å². The van der Waals surface area contributed by atoms with Crippen LogP contribution in [0.3, 0.4) is 0 Å². The Bertz CT molecular complexity index is 580. The minimum Gasteiger partial charge on any atom is -0.391 e. The van der Waals surface area contributed by atoms with Gasteiger partial charge in [0.2, 0.25) is 0 Å². The van der Waals surface area contributed by atoms with Gasteiger partial charge >= 0.3 is 0 Å². The summed E-state index contributed by atoms with van der Waals surface area (Å²) in [6.07, 6.45) is 1.03. The summed E-state index contributed by atoms with van der Waals surface area (Å²) in [4.78, 5) is 7.84. The van der Waals surface area contributed by atoms with E-state index in [9.17, 15) is 5.11 Å². The fraction of sp³-hybridized carbons (Fsp3) is 0.438. The summed E-state index contributed by atoms with van der Waals surface area (Å²) in [5.74, 6) is 0.382. The first kappa shape index (κ1) is 15.0. The van der Waals surface area contributed by atoms with Crippen molar-refractivity contribution in [1.82, 2.24) is 4.98 Å². The minimum absolute atomic E-state index is 0.0684. The number of nitrogens with zero attached hydrogens (tertiary/aromatic N) is 2. The maximum Gasteiger partial charge on any atom is 0.190 e. The zero-order valence-corrected chi connectivity index (χ0v) is 13.4. The third kappa shape index (κ3) is 2.86. The number of thiazole rings is 1.